The van der Waals surface area contributed by atoms with E-state index in [0.29, 0.717) is 6.54 Å². The molecular formula is C19H20N2O2S. The van der Waals surface area contributed by atoms with Crippen molar-refractivity contribution in [1.29, 1.82) is 0 Å². The van der Waals surface area contributed by atoms with Gasteiger partial charge in [0.15, 0.2) is 4.80 Å². The molecule has 1 heterocycles. The van der Waals surface area contributed by atoms with Crippen LogP contribution in [0.25, 0.3) is 11.3 Å². The van der Waals surface area contributed by atoms with Gasteiger partial charge < -0.3 is 14.4 Å². The highest BCUT2D eigenvalue weighted by atomic mass is 32.1. The Morgan fingerprint density at radius 3 is 2.42 bits per heavy atom. The van der Waals surface area contributed by atoms with Gasteiger partial charge in [-0.2, -0.15) is 0 Å². The topological polar surface area (TPSA) is 46.8 Å². The number of ether oxygens (including phenoxy) is 1. The number of aromatic nitrogens is 1. The molecule has 3 rings (SSSR count). The molecule has 3 aromatic rings. The molecule has 124 valence electrons. The van der Waals surface area contributed by atoms with E-state index in [1.54, 1.807) is 18.4 Å². The Morgan fingerprint density at radius 1 is 1.08 bits per heavy atom. The molecule has 0 spiro atoms. The second-order valence-corrected chi connectivity index (χ2v) is 6.29. The lowest BCUT2D eigenvalue weighted by Gasteiger charge is -2.08. The molecule has 0 aliphatic heterocycles. The molecule has 0 fully saturated rings. The van der Waals surface area contributed by atoms with Gasteiger partial charge in [0, 0.05) is 11.9 Å². The molecule has 0 saturated heterocycles. The van der Waals surface area contributed by atoms with Gasteiger partial charge in [0.05, 0.1) is 25.1 Å². The molecule has 1 N–H and O–H groups in total. The van der Waals surface area contributed by atoms with Gasteiger partial charge >= 0.3 is 0 Å². The predicted octanol–water partition coefficient (Wildman–Crippen LogP) is 3.76. The van der Waals surface area contributed by atoms with Crippen molar-refractivity contribution in [3.63, 3.8) is 0 Å². The fraction of sp³-hybridized carbons (Fsp3) is 0.211. The van der Waals surface area contributed by atoms with E-state index in [1.807, 2.05) is 24.3 Å². The minimum absolute atomic E-state index is 0.0748. The van der Waals surface area contributed by atoms with Crippen LogP contribution in [0.5, 0.6) is 5.75 Å². The van der Waals surface area contributed by atoms with Crippen LogP contribution >= 0.6 is 11.3 Å². The molecular weight excluding hydrogens is 320 g/mol. The molecule has 4 nitrogen and oxygen atoms in total. The third-order valence-corrected chi connectivity index (χ3v) is 4.63. The van der Waals surface area contributed by atoms with Gasteiger partial charge in [-0.05, 0) is 36.8 Å². The van der Waals surface area contributed by atoms with Crippen LogP contribution in [0.15, 0.2) is 58.9 Å². The maximum atomic E-state index is 9.44. The van der Waals surface area contributed by atoms with Crippen LogP contribution in [0.2, 0.25) is 0 Å². The van der Waals surface area contributed by atoms with Gasteiger partial charge in [-0.15, -0.1) is 11.3 Å². The number of thiazole rings is 1. The lowest BCUT2D eigenvalue weighted by molar-refractivity contribution is 0.275. The van der Waals surface area contributed by atoms with Gasteiger partial charge in [0.1, 0.15) is 5.75 Å². The van der Waals surface area contributed by atoms with Gasteiger partial charge in [0.2, 0.25) is 0 Å². The fourth-order valence-electron chi connectivity index (χ4n) is 2.46. The normalized spacial score (nSPS) is 11.7. The average Bonchev–Trinajstić information content (AvgIpc) is 2.99. The first-order chi connectivity index (χ1) is 11.7. The van der Waals surface area contributed by atoms with Gasteiger partial charge in [-0.3, -0.25) is 0 Å². The smallest absolute Gasteiger partial charge is 0.190 e. The monoisotopic (exact) mass is 340 g/mol. The van der Waals surface area contributed by atoms with E-state index in [4.69, 9.17) is 9.73 Å². The summed E-state index contributed by atoms with van der Waals surface area (Å²) in [5.41, 5.74) is 4.29. The molecule has 2 aromatic carbocycles. The van der Waals surface area contributed by atoms with Crippen molar-refractivity contribution >= 4 is 17.0 Å². The van der Waals surface area contributed by atoms with Gasteiger partial charge in [0.25, 0.3) is 0 Å². The van der Waals surface area contributed by atoms with E-state index in [9.17, 15) is 5.11 Å². The molecule has 0 aliphatic rings. The molecule has 0 radical (unpaired) electrons. The molecule has 0 bridgehead atoms. The number of aryl methyl sites for hydroxylation is 1. The number of hydrogen-bond acceptors (Lipinski definition) is 4. The van der Waals surface area contributed by atoms with Crippen LogP contribution in [-0.2, 0) is 6.54 Å². The molecule has 0 amide bonds. The van der Waals surface area contributed by atoms with E-state index in [1.165, 1.54) is 5.56 Å². The first-order valence-corrected chi connectivity index (χ1v) is 8.64. The third-order valence-electron chi connectivity index (χ3n) is 3.77. The first kappa shape index (κ1) is 16.5. The van der Waals surface area contributed by atoms with Crippen molar-refractivity contribution in [3.05, 3.63) is 64.3 Å². The Hall–Kier alpha value is -2.37. The third kappa shape index (κ3) is 3.58. The van der Waals surface area contributed by atoms with Crippen molar-refractivity contribution in [2.45, 2.75) is 13.5 Å². The summed E-state index contributed by atoms with van der Waals surface area (Å²) in [6, 6.07) is 16.0. The van der Waals surface area contributed by atoms with E-state index in [-0.39, 0.29) is 6.61 Å². The highest BCUT2D eigenvalue weighted by Crippen LogP contribution is 2.22. The molecule has 5 heteroatoms. The lowest BCUT2D eigenvalue weighted by Crippen LogP contribution is -2.17. The number of methoxy groups -OCH3 is 1. The summed E-state index contributed by atoms with van der Waals surface area (Å²) in [5.74, 6) is 0.809. The van der Waals surface area contributed by atoms with Gasteiger partial charge in [-0.25, -0.2) is 4.99 Å². The average molecular weight is 340 g/mol. The summed E-state index contributed by atoms with van der Waals surface area (Å²) in [5, 5.41) is 11.5. The van der Waals surface area contributed by atoms with Crippen LogP contribution in [0.1, 0.15) is 5.56 Å². The Morgan fingerprint density at radius 2 is 1.79 bits per heavy atom. The summed E-state index contributed by atoms with van der Waals surface area (Å²) in [7, 11) is 1.65. The lowest BCUT2D eigenvalue weighted by atomic mass is 10.1. The Kier molecular flexibility index (Phi) is 5.13. The number of rotatable bonds is 5. The van der Waals surface area contributed by atoms with E-state index in [0.717, 1.165) is 27.5 Å². The summed E-state index contributed by atoms with van der Waals surface area (Å²) in [6.07, 6.45) is 0. The van der Waals surface area contributed by atoms with Crippen molar-refractivity contribution in [1.82, 2.24) is 4.57 Å². The second-order valence-electron chi connectivity index (χ2n) is 5.45. The van der Waals surface area contributed by atoms with E-state index in [2.05, 4.69) is 41.1 Å². The standard InChI is InChI=1S/C19H20N2O2S/c1-14-3-5-15(6-4-14)18-13-24-19(21(18)11-12-22)20-16-7-9-17(23-2)10-8-16/h3-10,13,22H,11-12H2,1-2H3. The maximum absolute atomic E-state index is 9.44. The number of aliphatic hydroxyl groups excluding tert-OH is 1. The Bertz CT molecular complexity index is 862. The number of nitrogens with zero attached hydrogens (tertiary/aromatic N) is 2. The summed E-state index contributed by atoms with van der Waals surface area (Å²) in [4.78, 5) is 5.58. The largest absolute Gasteiger partial charge is 0.497 e. The summed E-state index contributed by atoms with van der Waals surface area (Å²) < 4.78 is 7.23. The van der Waals surface area contributed by atoms with Crippen molar-refractivity contribution in [3.8, 4) is 17.0 Å². The van der Waals surface area contributed by atoms with Crippen LogP contribution in [0.4, 0.5) is 5.69 Å². The Balaban J connectivity index is 2.04. The highest BCUT2D eigenvalue weighted by Gasteiger charge is 2.07. The van der Waals surface area contributed by atoms with Crippen LogP contribution in [-0.4, -0.2) is 23.4 Å². The zero-order chi connectivity index (χ0) is 16.9. The van der Waals surface area contributed by atoms with Crippen LogP contribution in [0.3, 0.4) is 0 Å². The quantitative estimate of drug-likeness (QED) is 0.769. The molecule has 0 aliphatic carbocycles. The number of hydrogen-bond donors (Lipinski definition) is 1. The molecule has 24 heavy (non-hydrogen) atoms. The number of benzene rings is 2. The van der Waals surface area contributed by atoms with Gasteiger partial charge in [-0.1, -0.05) is 29.8 Å². The van der Waals surface area contributed by atoms with Crippen LogP contribution < -0.4 is 9.54 Å². The fourth-order valence-corrected chi connectivity index (χ4v) is 3.41. The molecule has 1 aromatic heterocycles. The van der Waals surface area contributed by atoms with Crippen LogP contribution in [0, 0.1) is 6.92 Å². The minimum atomic E-state index is 0.0748. The highest BCUT2D eigenvalue weighted by molar-refractivity contribution is 7.07. The van der Waals surface area contributed by atoms with E-state index >= 15 is 0 Å². The first-order valence-electron chi connectivity index (χ1n) is 7.76. The van der Waals surface area contributed by atoms with E-state index < -0.39 is 0 Å². The zero-order valence-electron chi connectivity index (χ0n) is 13.8. The zero-order valence-corrected chi connectivity index (χ0v) is 14.6. The van der Waals surface area contributed by atoms with Crippen molar-refractivity contribution < 1.29 is 9.84 Å². The second kappa shape index (κ2) is 7.47. The SMILES string of the molecule is COc1ccc(N=c2scc(-c3ccc(C)cc3)n2CCO)cc1. The van der Waals surface area contributed by atoms with Crippen molar-refractivity contribution in [2.75, 3.05) is 13.7 Å². The molecule has 0 saturated carbocycles. The molecule has 0 atom stereocenters. The predicted molar refractivity (Wildman–Crippen MR) is 97.8 cm³/mol. The maximum Gasteiger partial charge on any atom is 0.190 e. The Labute approximate surface area is 145 Å². The minimum Gasteiger partial charge on any atom is -0.497 e. The number of aliphatic hydroxyl groups is 1. The molecule has 0 unspecified atom stereocenters. The summed E-state index contributed by atoms with van der Waals surface area (Å²) in [6.45, 7) is 2.66. The summed E-state index contributed by atoms with van der Waals surface area (Å²) >= 11 is 1.57. The van der Waals surface area contributed by atoms with Crippen molar-refractivity contribution in [2.24, 2.45) is 4.99 Å².